The van der Waals surface area contributed by atoms with E-state index in [4.69, 9.17) is 10.5 Å². The second kappa shape index (κ2) is 6.24. The number of amides is 4. The summed E-state index contributed by atoms with van der Waals surface area (Å²) >= 11 is 0. The zero-order chi connectivity index (χ0) is 17.2. The summed E-state index contributed by atoms with van der Waals surface area (Å²) in [6.07, 6.45) is -0.139. The van der Waals surface area contributed by atoms with Gasteiger partial charge in [-0.05, 0) is 30.7 Å². The van der Waals surface area contributed by atoms with E-state index in [1.165, 1.54) is 31.4 Å². The largest absolute Gasteiger partial charge is 0.497 e. The molecule has 1 atom stereocenters. The van der Waals surface area contributed by atoms with E-state index < -0.39 is 33.9 Å². The van der Waals surface area contributed by atoms with Crippen molar-refractivity contribution in [3.05, 3.63) is 24.3 Å². The third-order valence-corrected chi connectivity index (χ3v) is 5.17. The molecule has 0 aliphatic carbocycles. The van der Waals surface area contributed by atoms with Gasteiger partial charge in [-0.1, -0.05) is 0 Å². The number of nitrogens with one attached hydrogen (secondary N) is 1. The van der Waals surface area contributed by atoms with Crippen molar-refractivity contribution < 1.29 is 27.5 Å². The number of carbonyl (C=O) groups is 3. The highest BCUT2D eigenvalue weighted by molar-refractivity contribution is 7.89. The molecular weight excluding hydrogens is 326 g/mol. The third-order valence-electron chi connectivity index (χ3n) is 3.33. The predicted octanol–water partition coefficient (Wildman–Crippen LogP) is -0.430. The number of benzene rings is 1. The number of imide groups is 1. The van der Waals surface area contributed by atoms with Crippen LogP contribution in [0.25, 0.3) is 0 Å². The zero-order valence-electron chi connectivity index (χ0n) is 12.2. The van der Waals surface area contributed by atoms with E-state index in [0.29, 0.717) is 10.1 Å². The Bertz CT molecular complexity index is 743. The molecule has 1 aromatic rings. The van der Waals surface area contributed by atoms with E-state index in [2.05, 4.69) is 0 Å². The van der Waals surface area contributed by atoms with E-state index in [0.717, 1.165) is 0 Å². The number of hydrogen-bond acceptors (Lipinski definition) is 6. The summed E-state index contributed by atoms with van der Waals surface area (Å²) in [5.41, 5.74) is 4.86. The lowest BCUT2D eigenvalue weighted by molar-refractivity contribution is -0.130. The predicted molar refractivity (Wildman–Crippen MR) is 77.8 cm³/mol. The Kier molecular flexibility index (Phi) is 4.55. The van der Waals surface area contributed by atoms with Gasteiger partial charge in [0.2, 0.25) is 5.91 Å². The van der Waals surface area contributed by atoms with Crippen LogP contribution in [-0.4, -0.2) is 43.7 Å². The lowest BCUT2D eigenvalue weighted by atomic mass is 10.2. The monoisotopic (exact) mass is 341 g/mol. The van der Waals surface area contributed by atoms with Crippen LogP contribution in [0, 0.1) is 0 Å². The number of carbonyl (C=O) groups excluding carboxylic acids is 3. The Balaban J connectivity index is 2.36. The van der Waals surface area contributed by atoms with Gasteiger partial charge in [0.1, 0.15) is 11.8 Å². The molecule has 0 radical (unpaired) electrons. The van der Waals surface area contributed by atoms with E-state index in [9.17, 15) is 22.8 Å². The number of nitrogens with zero attached hydrogens (tertiary/aromatic N) is 1. The Hall–Kier alpha value is -2.62. The van der Waals surface area contributed by atoms with Crippen molar-refractivity contribution in [3.8, 4) is 5.75 Å². The molecule has 1 heterocycles. The minimum atomic E-state index is -4.23. The molecule has 1 saturated heterocycles. The number of hydrogen-bond donors (Lipinski definition) is 2. The van der Waals surface area contributed by atoms with Crippen molar-refractivity contribution in [2.45, 2.75) is 23.8 Å². The van der Waals surface area contributed by atoms with Gasteiger partial charge in [0.05, 0.1) is 12.0 Å². The van der Waals surface area contributed by atoms with E-state index >= 15 is 0 Å². The van der Waals surface area contributed by atoms with Crippen LogP contribution in [0.4, 0.5) is 4.79 Å². The Morgan fingerprint density at radius 1 is 1.30 bits per heavy atom. The van der Waals surface area contributed by atoms with Crippen molar-refractivity contribution in [1.82, 2.24) is 9.62 Å². The van der Waals surface area contributed by atoms with E-state index in [-0.39, 0.29) is 17.7 Å². The van der Waals surface area contributed by atoms with Gasteiger partial charge >= 0.3 is 6.03 Å². The van der Waals surface area contributed by atoms with Gasteiger partial charge in [-0.3, -0.25) is 14.9 Å². The first-order chi connectivity index (χ1) is 10.8. The Morgan fingerprint density at radius 3 is 2.43 bits per heavy atom. The maximum atomic E-state index is 12.6. The molecule has 1 unspecified atom stereocenters. The summed E-state index contributed by atoms with van der Waals surface area (Å²) in [4.78, 5) is 34.5. The molecule has 23 heavy (non-hydrogen) atoms. The molecule has 2 rings (SSSR count). The number of ether oxygens (including phenoxy) is 1. The number of nitrogens with two attached hydrogens (primary N) is 1. The highest BCUT2D eigenvalue weighted by Gasteiger charge is 2.44. The fourth-order valence-electron chi connectivity index (χ4n) is 2.27. The first kappa shape index (κ1) is 16.7. The van der Waals surface area contributed by atoms with Gasteiger partial charge in [-0.2, -0.15) is 0 Å². The Morgan fingerprint density at radius 2 is 1.91 bits per heavy atom. The van der Waals surface area contributed by atoms with E-state index in [1.54, 1.807) is 5.32 Å². The van der Waals surface area contributed by atoms with Crippen LogP contribution in [0.15, 0.2) is 29.2 Å². The average molecular weight is 341 g/mol. The molecule has 1 fully saturated rings. The molecule has 1 aromatic carbocycles. The van der Waals surface area contributed by atoms with Gasteiger partial charge in [0.25, 0.3) is 15.9 Å². The molecule has 0 saturated carbocycles. The van der Waals surface area contributed by atoms with Gasteiger partial charge in [0.15, 0.2) is 0 Å². The van der Waals surface area contributed by atoms with E-state index in [1.807, 2.05) is 0 Å². The second-order valence-corrected chi connectivity index (χ2v) is 6.59. The smallest absolute Gasteiger partial charge is 0.318 e. The Labute approximate surface area is 132 Å². The molecule has 0 bridgehead atoms. The number of rotatable bonds is 4. The van der Waals surface area contributed by atoms with Crippen LogP contribution >= 0.6 is 0 Å². The van der Waals surface area contributed by atoms with Crippen LogP contribution in [0.3, 0.4) is 0 Å². The molecule has 1 aliphatic heterocycles. The first-order valence-electron chi connectivity index (χ1n) is 6.59. The first-order valence-corrected chi connectivity index (χ1v) is 8.03. The molecule has 0 spiro atoms. The standard InChI is InChI=1S/C13H15N3O6S/c1-22-8-2-4-9(5-3-8)23(20,21)16-10(6-7-11(16)17)12(18)15-13(14)19/h2-5,10H,6-7H2,1H3,(H3,14,15,18,19). The van der Waals surface area contributed by atoms with Crippen molar-refractivity contribution in [1.29, 1.82) is 0 Å². The summed E-state index contributed by atoms with van der Waals surface area (Å²) < 4.78 is 30.7. The summed E-state index contributed by atoms with van der Waals surface area (Å²) in [6.45, 7) is 0. The summed E-state index contributed by atoms with van der Waals surface area (Å²) in [7, 11) is -2.80. The van der Waals surface area contributed by atoms with Crippen LogP contribution in [0.5, 0.6) is 5.75 Å². The third kappa shape index (κ3) is 3.26. The zero-order valence-corrected chi connectivity index (χ0v) is 13.0. The fraction of sp³-hybridized carbons (Fsp3) is 0.308. The van der Waals surface area contributed by atoms with Crippen molar-refractivity contribution in [2.24, 2.45) is 5.73 Å². The number of methoxy groups -OCH3 is 1. The summed E-state index contributed by atoms with van der Waals surface area (Å²) in [5.74, 6) is -1.20. The van der Waals surface area contributed by atoms with Gasteiger partial charge in [-0.25, -0.2) is 17.5 Å². The normalized spacial score (nSPS) is 17.9. The minimum absolute atomic E-state index is 0.0205. The fourth-order valence-corrected chi connectivity index (χ4v) is 3.87. The lowest BCUT2D eigenvalue weighted by Crippen LogP contribution is -2.50. The highest BCUT2D eigenvalue weighted by atomic mass is 32.2. The number of sulfonamides is 1. The minimum Gasteiger partial charge on any atom is -0.497 e. The van der Waals surface area contributed by atoms with Crippen LogP contribution in [0.2, 0.25) is 0 Å². The molecule has 4 amide bonds. The lowest BCUT2D eigenvalue weighted by Gasteiger charge is -2.23. The molecule has 124 valence electrons. The van der Waals surface area contributed by atoms with Crippen molar-refractivity contribution >= 4 is 27.9 Å². The maximum absolute atomic E-state index is 12.6. The van der Waals surface area contributed by atoms with Crippen molar-refractivity contribution in [2.75, 3.05) is 7.11 Å². The molecule has 1 aliphatic rings. The maximum Gasteiger partial charge on any atom is 0.318 e. The topological polar surface area (TPSA) is 136 Å². The molecule has 9 nitrogen and oxygen atoms in total. The number of primary amides is 1. The number of urea groups is 1. The average Bonchev–Trinajstić information content (AvgIpc) is 2.89. The molecule has 10 heteroatoms. The van der Waals surface area contributed by atoms with Crippen LogP contribution in [0.1, 0.15) is 12.8 Å². The van der Waals surface area contributed by atoms with Gasteiger partial charge < -0.3 is 10.5 Å². The van der Waals surface area contributed by atoms with Crippen LogP contribution in [-0.2, 0) is 19.6 Å². The molecule has 3 N–H and O–H groups in total. The molecular formula is C13H15N3O6S. The summed E-state index contributed by atoms with van der Waals surface area (Å²) in [6, 6.07) is 2.96. The summed E-state index contributed by atoms with van der Waals surface area (Å²) in [5, 5.41) is 1.80. The second-order valence-electron chi connectivity index (χ2n) is 4.78. The molecule has 0 aromatic heterocycles. The SMILES string of the molecule is COc1ccc(S(=O)(=O)N2C(=O)CCC2C(=O)NC(N)=O)cc1. The van der Waals surface area contributed by atoms with Gasteiger partial charge in [-0.15, -0.1) is 0 Å². The van der Waals surface area contributed by atoms with Crippen LogP contribution < -0.4 is 15.8 Å². The quantitative estimate of drug-likeness (QED) is 0.762. The highest BCUT2D eigenvalue weighted by Crippen LogP contribution is 2.28. The van der Waals surface area contributed by atoms with Crippen molar-refractivity contribution in [3.63, 3.8) is 0 Å². The van der Waals surface area contributed by atoms with Gasteiger partial charge in [0, 0.05) is 6.42 Å².